The van der Waals surface area contributed by atoms with Crippen molar-refractivity contribution in [2.24, 2.45) is 0 Å². The van der Waals surface area contributed by atoms with Crippen molar-refractivity contribution in [2.75, 3.05) is 30.4 Å². The number of nitrogens with zero attached hydrogens (tertiary/aromatic N) is 3. The van der Waals surface area contributed by atoms with Crippen LogP contribution in [0, 0.1) is 0 Å². The molecule has 2 aromatic carbocycles. The van der Waals surface area contributed by atoms with E-state index in [9.17, 15) is 0 Å². The number of benzene rings is 2. The van der Waals surface area contributed by atoms with Crippen LogP contribution in [0.25, 0.3) is 21.8 Å². The van der Waals surface area contributed by atoms with Crippen LogP contribution in [-0.2, 0) is 0 Å². The Hall–Kier alpha value is -3.28. The van der Waals surface area contributed by atoms with E-state index in [2.05, 4.69) is 44.7 Å². The molecule has 0 amide bonds. The second-order valence-electron chi connectivity index (χ2n) is 7.22. The summed E-state index contributed by atoms with van der Waals surface area (Å²) in [4.78, 5) is 7.27. The number of aromatic nitrogens is 3. The van der Waals surface area contributed by atoms with Crippen LogP contribution in [0.4, 0.5) is 17.2 Å². The SMILES string of the molecule is COc1ccc2nc(Nc3ccc(N4CCCCC4)cc3)c3[nH]ncc3c2c1. The highest BCUT2D eigenvalue weighted by Gasteiger charge is 2.13. The smallest absolute Gasteiger partial charge is 0.157 e. The third kappa shape index (κ3) is 3.01. The lowest BCUT2D eigenvalue weighted by atomic mass is 10.1. The van der Waals surface area contributed by atoms with Gasteiger partial charge < -0.3 is 15.0 Å². The monoisotopic (exact) mass is 373 g/mol. The number of nitrogens with one attached hydrogen (secondary N) is 2. The van der Waals surface area contributed by atoms with Crippen LogP contribution in [0.15, 0.2) is 48.7 Å². The second-order valence-corrected chi connectivity index (χ2v) is 7.22. The molecule has 0 aliphatic carbocycles. The number of H-pyrrole nitrogens is 1. The van der Waals surface area contributed by atoms with Gasteiger partial charge >= 0.3 is 0 Å². The molecule has 0 unspecified atom stereocenters. The quantitative estimate of drug-likeness (QED) is 0.535. The van der Waals surface area contributed by atoms with Gasteiger partial charge in [0.05, 0.1) is 18.8 Å². The molecular weight excluding hydrogens is 350 g/mol. The lowest BCUT2D eigenvalue weighted by Gasteiger charge is -2.28. The van der Waals surface area contributed by atoms with Crippen LogP contribution in [0.1, 0.15) is 19.3 Å². The fourth-order valence-electron chi connectivity index (χ4n) is 3.94. The van der Waals surface area contributed by atoms with E-state index in [0.29, 0.717) is 0 Å². The lowest BCUT2D eigenvalue weighted by Crippen LogP contribution is -2.29. The minimum absolute atomic E-state index is 0.774. The Morgan fingerprint density at radius 3 is 2.61 bits per heavy atom. The fraction of sp³-hybridized carbons (Fsp3) is 0.273. The maximum Gasteiger partial charge on any atom is 0.157 e. The van der Waals surface area contributed by atoms with Crippen molar-refractivity contribution < 1.29 is 4.74 Å². The minimum atomic E-state index is 0.774. The Bertz CT molecular complexity index is 1110. The van der Waals surface area contributed by atoms with Gasteiger partial charge in [0.1, 0.15) is 11.3 Å². The molecule has 28 heavy (non-hydrogen) atoms. The number of piperidine rings is 1. The predicted molar refractivity (Wildman–Crippen MR) is 114 cm³/mol. The summed E-state index contributed by atoms with van der Waals surface area (Å²) in [7, 11) is 1.67. The highest BCUT2D eigenvalue weighted by atomic mass is 16.5. The van der Waals surface area contributed by atoms with E-state index in [0.717, 1.165) is 52.2 Å². The number of aromatic amines is 1. The molecule has 6 nitrogen and oxygen atoms in total. The number of hydrogen-bond donors (Lipinski definition) is 2. The Balaban J connectivity index is 1.48. The molecule has 1 fully saturated rings. The van der Waals surface area contributed by atoms with Crippen LogP contribution in [0.5, 0.6) is 5.75 Å². The first-order valence-corrected chi connectivity index (χ1v) is 9.75. The van der Waals surface area contributed by atoms with Crippen LogP contribution < -0.4 is 15.0 Å². The number of ether oxygens (including phenoxy) is 1. The number of anilines is 3. The van der Waals surface area contributed by atoms with E-state index in [1.807, 2.05) is 24.4 Å². The Morgan fingerprint density at radius 2 is 1.82 bits per heavy atom. The molecule has 0 spiro atoms. The van der Waals surface area contributed by atoms with Crippen molar-refractivity contribution in [3.05, 3.63) is 48.7 Å². The van der Waals surface area contributed by atoms with Gasteiger partial charge in [-0.2, -0.15) is 5.10 Å². The van der Waals surface area contributed by atoms with Gasteiger partial charge in [0.25, 0.3) is 0 Å². The molecule has 1 aliphatic rings. The molecule has 0 radical (unpaired) electrons. The number of rotatable bonds is 4. The van der Waals surface area contributed by atoms with Gasteiger partial charge in [0.15, 0.2) is 5.82 Å². The summed E-state index contributed by atoms with van der Waals surface area (Å²) in [5.74, 6) is 1.58. The number of fused-ring (bicyclic) bond motifs is 3. The summed E-state index contributed by atoms with van der Waals surface area (Å²) in [6.07, 6.45) is 5.74. The molecule has 142 valence electrons. The summed E-state index contributed by atoms with van der Waals surface area (Å²) in [6, 6.07) is 14.5. The zero-order valence-corrected chi connectivity index (χ0v) is 15.9. The van der Waals surface area contributed by atoms with Crippen LogP contribution in [0.2, 0.25) is 0 Å². The first-order valence-electron chi connectivity index (χ1n) is 9.75. The maximum absolute atomic E-state index is 5.36. The van der Waals surface area contributed by atoms with E-state index >= 15 is 0 Å². The summed E-state index contributed by atoms with van der Waals surface area (Å²) in [6.45, 7) is 2.30. The lowest BCUT2D eigenvalue weighted by molar-refractivity contribution is 0.415. The van der Waals surface area contributed by atoms with E-state index in [4.69, 9.17) is 9.72 Å². The van der Waals surface area contributed by atoms with Gasteiger partial charge in [-0.1, -0.05) is 0 Å². The van der Waals surface area contributed by atoms with E-state index in [1.165, 1.54) is 24.9 Å². The third-order valence-electron chi connectivity index (χ3n) is 5.45. The molecule has 5 rings (SSSR count). The van der Waals surface area contributed by atoms with Crippen LogP contribution in [-0.4, -0.2) is 35.4 Å². The normalized spacial score (nSPS) is 14.5. The predicted octanol–water partition coefficient (Wildman–Crippen LogP) is 4.85. The first-order chi connectivity index (χ1) is 13.8. The van der Waals surface area contributed by atoms with Gasteiger partial charge in [0.2, 0.25) is 0 Å². The molecule has 6 heteroatoms. The molecule has 0 saturated carbocycles. The number of hydrogen-bond acceptors (Lipinski definition) is 5. The van der Waals surface area contributed by atoms with Crippen LogP contribution >= 0.6 is 0 Å². The van der Waals surface area contributed by atoms with Gasteiger partial charge in [-0.25, -0.2) is 4.98 Å². The average molecular weight is 373 g/mol. The fourth-order valence-corrected chi connectivity index (χ4v) is 3.94. The van der Waals surface area contributed by atoms with E-state index in [-0.39, 0.29) is 0 Å². The Kier molecular flexibility index (Phi) is 4.24. The van der Waals surface area contributed by atoms with Crippen molar-refractivity contribution in [3.8, 4) is 5.75 Å². The largest absolute Gasteiger partial charge is 0.497 e. The number of methoxy groups -OCH3 is 1. The maximum atomic E-state index is 5.36. The highest BCUT2D eigenvalue weighted by molar-refractivity contribution is 6.09. The standard InChI is InChI=1S/C22H23N5O/c1-28-17-9-10-20-18(13-17)19-14-23-26-21(19)22(25-20)24-15-5-7-16(8-6-15)27-11-3-2-4-12-27/h5-10,13-14H,2-4,11-12H2,1H3,(H,23,26)(H,24,25). The molecule has 0 bridgehead atoms. The Morgan fingerprint density at radius 1 is 1.00 bits per heavy atom. The molecule has 1 saturated heterocycles. The summed E-state index contributed by atoms with van der Waals surface area (Å²) in [5.41, 5.74) is 4.09. The third-order valence-corrected chi connectivity index (χ3v) is 5.45. The summed E-state index contributed by atoms with van der Waals surface area (Å²) in [5, 5.41) is 12.8. The summed E-state index contributed by atoms with van der Waals surface area (Å²) < 4.78 is 5.36. The topological polar surface area (TPSA) is 66.1 Å². The molecule has 4 aromatic rings. The van der Waals surface area contributed by atoms with Crippen molar-refractivity contribution >= 4 is 39.0 Å². The minimum Gasteiger partial charge on any atom is -0.497 e. The average Bonchev–Trinajstić information content (AvgIpc) is 3.25. The highest BCUT2D eigenvalue weighted by Crippen LogP contribution is 2.32. The molecule has 0 atom stereocenters. The van der Waals surface area contributed by atoms with Crippen molar-refractivity contribution in [3.63, 3.8) is 0 Å². The van der Waals surface area contributed by atoms with Gasteiger partial charge in [-0.05, 0) is 61.7 Å². The van der Waals surface area contributed by atoms with Gasteiger partial charge in [-0.15, -0.1) is 0 Å². The zero-order chi connectivity index (χ0) is 18.9. The molecular formula is C22H23N5O. The van der Waals surface area contributed by atoms with Crippen LogP contribution in [0.3, 0.4) is 0 Å². The van der Waals surface area contributed by atoms with Gasteiger partial charge in [0, 0.05) is 35.2 Å². The first kappa shape index (κ1) is 16.9. The van der Waals surface area contributed by atoms with Gasteiger partial charge in [-0.3, -0.25) is 5.10 Å². The molecule has 3 heterocycles. The molecule has 2 N–H and O–H groups in total. The van der Waals surface area contributed by atoms with Crippen molar-refractivity contribution in [1.29, 1.82) is 0 Å². The van der Waals surface area contributed by atoms with E-state index < -0.39 is 0 Å². The van der Waals surface area contributed by atoms with E-state index in [1.54, 1.807) is 7.11 Å². The molecule has 1 aliphatic heterocycles. The Labute approximate surface area is 163 Å². The second kappa shape index (κ2) is 7.03. The van der Waals surface area contributed by atoms with Crippen molar-refractivity contribution in [1.82, 2.24) is 15.2 Å². The summed E-state index contributed by atoms with van der Waals surface area (Å²) >= 11 is 0. The van der Waals surface area contributed by atoms with Crippen molar-refractivity contribution in [2.45, 2.75) is 19.3 Å². The molecule has 2 aromatic heterocycles. The number of pyridine rings is 1. The zero-order valence-electron chi connectivity index (χ0n) is 15.9.